The van der Waals surface area contributed by atoms with Crippen LogP contribution < -0.4 is 5.14 Å². The standard InChI is InChI=1S/C6H13N5O2S/c7-14(12,13)5-3-1-2-4-11-6-8-9-10-11/h6H,1-5H2,(H2,7,12,13). The number of unbranched alkanes of at least 4 members (excludes halogenated alkanes) is 2. The second kappa shape index (κ2) is 5.01. The van der Waals surface area contributed by atoms with Gasteiger partial charge < -0.3 is 0 Å². The Bertz CT molecular complexity index is 346. The lowest BCUT2D eigenvalue weighted by Gasteiger charge is -1.99. The van der Waals surface area contributed by atoms with Crippen molar-refractivity contribution in [1.29, 1.82) is 0 Å². The van der Waals surface area contributed by atoms with E-state index in [2.05, 4.69) is 15.5 Å². The Hall–Kier alpha value is -1.02. The SMILES string of the molecule is NS(=O)(=O)CCCCCn1cnnn1. The van der Waals surface area contributed by atoms with Gasteiger partial charge in [-0.05, 0) is 23.3 Å². The zero-order valence-corrected chi connectivity index (χ0v) is 8.52. The Morgan fingerprint density at radius 2 is 2.07 bits per heavy atom. The molecule has 0 aliphatic heterocycles. The fourth-order valence-corrected chi connectivity index (χ4v) is 1.64. The molecule has 0 atom stereocenters. The summed E-state index contributed by atoms with van der Waals surface area (Å²) in [5.74, 6) is 0.0443. The Labute approximate surface area is 82.3 Å². The van der Waals surface area contributed by atoms with Crippen molar-refractivity contribution in [2.24, 2.45) is 5.14 Å². The van der Waals surface area contributed by atoms with E-state index in [0.29, 0.717) is 13.0 Å². The van der Waals surface area contributed by atoms with Crippen molar-refractivity contribution in [2.45, 2.75) is 25.8 Å². The van der Waals surface area contributed by atoms with Crippen LogP contribution in [0.15, 0.2) is 6.33 Å². The lowest BCUT2D eigenvalue weighted by Crippen LogP contribution is -2.16. The van der Waals surface area contributed by atoms with E-state index in [-0.39, 0.29) is 5.75 Å². The van der Waals surface area contributed by atoms with E-state index in [1.807, 2.05) is 0 Å². The fraction of sp³-hybridized carbons (Fsp3) is 0.833. The molecule has 0 spiro atoms. The molecule has 1 rings (SSSR count). The molecular formula is C6H13N5O2S. The molecule has 1 aromatic heterocycles. The fourth-order valence-electron chi connectivity index (χ4n) is 1.04. The van der Waals surface area contributed by atoms with Crippen LogP contribution in [-0.4, -0.2) is 34.4 Å². The minimum Gasteiger partial charge on any atom is -0.233 e. The lowest BCUT2D eigenvalue weighted by atomic mass is 10.2. The van der Waals surface area contributed by atoms with Gasteiger partial charge in [0.1, 0.15) is 6.33 Å². The highest BCUT2D eigenvalue weighted by molar-refractivity contribution is 7.89. The van der Waals surface area contributed by atoms with Gasteiger partial charge in [0.25, 0.3) is 0 Å². The molecule has 14 heavy (non-hydrogen) atoms. The number of rotatable bonds is 6. The van der Waals surface area contributed by atoms with Crippen LogP contribution in [-0.2, 0) is 16.6 Å². The topological polar surface area (TPSA) is 104 Å². The van der Waals surface area contributed by atoms with Crippen LogP contribution in [0.2, 0.25) is 0 Å². The molecule has 0 saturated carbocycles. The quantitative estimate of drug-likeness (QED) is 0.626. The summed E-state index contributed by atoms with van der Waals surface area (Å²) in [6.45, 7) is 0.706. The first kappa shape index (κ1) is 11.1. The van der Waals surface area contributed by atoms with Gasteiger partial charge in [0, 0.05) is 6.54 Å². The first-order valence-corrected chi connectivity index (χ1v) is 6.01. The predicted octanol–water partition coefficient (Wildman–Crippen LogP) is -0.868. The number of sulfonamides is 1. The second-order valence-electron chi connectivity index (χ2n) is 3.00. The van der Waals surface area contributed by atoms with Crippen molar-refractivity contribution >= 4 is 10.0 Å². The highest BCUT2D eigenvalue weighted by Crippen LogP contribution is 1.98. The number of nitrogens with two attached hydrogens (primary N) is 1. The molecule has 0 aromatic carbocycles. The van der Waals surface area contributed by atoms with Crippen LogP contribution in [0.5, 0.6) is 0 Å². The largest absolute Gasteiger partial charge is 0.233 e. The van der Waals surface area contributed by atoms with Crippen molar-refractivity contribution < 1.29 is 8.42 Å². The number of nitrogens with zero attached hydrogens (tertiary/aromatic N) is 4. The molecule has 1 heterocycles. The van der Waals surface area contributed by atoms with Crippen molar-refractivity contribution in [3.05, 3.63) is 6.33 Å². The van der Waals surface area contributed by atoms with E-state index in [1.54, 1.807) is 4.68 Å². The summed E-state index contributed by atoms with van der Waals surface area (Å²) in [6, 6.07) is 0. The van der Waals surface area contributed by atoms with Gasteiger partial charge in [-0.1, -0.05) is 6.42 Å². The average Bonchev–Trinajstić information content (AvgIpc) is 2.54. The molecule has 0 unspecified atom stereocenters. The van der Waals surface area contributed by atoms with Crippen LogP contribution in [0.4, 0.5) is 0 Å². The molecule has 7 nitrogen and oxygen atoms in total. The average molecular weight is 219 g/mol. The minimum absolute atomic E-state index is 0.0443. The summed E-state index contributed by atoms with van der Waals surface area (Å²) in [6.07, 6.45) is 3.76. The molecule has 0 saturated heterocycles. The van der Waals surface area contributed by atoms with E-state index >= 15 is 0 Å². The molecule has 0 aliphatic carbocycles. The highest BCUT2D eigenvalue weighted by Gasteiger charge is 2.01. The van der Waals surface area contributed by atoms with Crippen molar-refractivity contribution in [2.75, 3.05) is 5.75 Å². The lowest BCUT2D eigenvalue weighted by molar-refractivity contribution is 0.534. The number of tetrazole rings is 1. The number of aromatic nitrogens is 4. The van der Waals surface area contributed by atoms with Crippen LogP contribution in [0, 0.1) is 0 Å². The third-order valence-electron chi connectivity index (χ3n) is 1.71. The third kappa shape index (κ3) is 4.87. The highest BCUT2D eigenvalue weighted by atomic mass is 32.2. The summed E-state index contributed by atoms with van der Waals surface area (Å²) in [5.41, 5.74) is 0. The summed E-state index contributed by atoms with van der Waals surface area (Å²) in [5, 5.41) is 15.5. The molecule has 0 bridgehead atoms. The van der Waals surface area contributed by atoms with E-state index in [9.17, 15) is 8.42 Å². The Balaban J connectivity index is 2.06. The molecule has 8 heteroatoms. The summed E-state index contributed by atoms with van der Waals surface area (Å²) < 4.78 is 22.7. The maximum atomic E-state index is 10.6. The monoisotopic (exact) mass is 219 g/mol. The molecule has 0 amide bonds. The zero-order chi connectivity index (χ0) is 10.4. The second-order valence-corrected chi connectivity index (χ2v) is 4.73. The molecular weight excluding hydrogens is 206 g/mol. The van der Waals surface area contributed by atoms with E-state index in [4.69, 9.17) is 5.14 Å². The van der Waals surface area contributed by atoms with E-state index in [0.717, 1.165) is 12.8 Å². The maximum Gasteiger partial charge on any atom is 0.209 e. The Morgan fingerprint density at radius 3 is 2.64 bits per heavy atom. The minimum atomic E-state index is -3.31. The first-order valence-electron chi connectivity index (χ1n) is 4.29. The van der Waals surface area contributed by atoms with Gasteiger partial charge in [-0.3, -0.25) is 0 Å². The predicted molar refractivity (Wildman–Crippen MR) is 49.6 cm³/mol. The molecule has 1 aromatic rings. The molecule has 0 aliphatic rings. The van der Waals surface area contributed by atoms with Crippen molar-refractivity contribution in [3.63, 3.8) is 0 Å². The molecule has 2 N–H and O–H groups in total. The third-order valence-corrected chi connectivity index (χ3v) is 2.57. The van der Waals surface area contributed by atoms with Crippen LogP contribution in [0.25, 0.3) is 0 Å². The smallest absolute Gasteiger partial charge is 0.209 e. The molecule has 0 radical (unpaired) electrons. The van der Waals surface area contributed by atoms with Gasteiger partial charge in [-0.2, -0.15) is 0 Å². The van der Waals surface area contributed by atoms with Gasteiger partial charge in [0.05, 0.1) is 5.75 Å². The van der Waals surface area contributed by atoms with Crippen LogP contribution in [0.3, 0.4) is 0 Å². The first-order chi connectivity index (χ1) is 6.58. The van der Waals surface area contributed by atoms with Crippen molar-refractivity contribution in [1.82, 2.24) is 20.2 Å². The molecule has 80 valence electrons. The van der Waals surface area contributed by atoms with Gasteiger partial charge >= 0.3 is 0 Å². The summed E-state index contributed by atoms with van der Waals surface area (Å²) in [7, 11) is -3.31. The number of aryl methyl sites for hydroxylation is 1. The van der Waals surface area contributed by atoms with Crippen LogP contribution >= 0.6 is 0 Å². The number of primary sulfonamides is 1. The summed E-state index contributed by atoms with van der Waals surface area (Å²) in [4.78, 5) is 0. The van der Waals surface area contributed by atoms with Gasteiger partial charge in [0.15, 0.2) is 0 Å². The Kier molecular flexibility index (Phi) is 3.96. The van der Waals surface area contributed by atoms with Gasteiger partial charge in [-0.25, -0.2) is 18.2 Å². The normalized spacial score (nSPS) is 11.8. The zero-order valence-electron chi connectivity index (χ0n) is 7.70. The van der Waals surface area contributed by atoms with E-state index < -0.39 is 10.0 Å². The number of hydrogen-bond acceptors (Lipinski definition) is 5. The van der Waals surface area contributed by atoms with Crippen molar-refractivity contribution in [3.8, 4) is 0 Å². The summed E-state index contributed by atoms with van der Waals surface area (Å²) >= 11 is 0. The number of hydrogen-bond donors (Lipinski definition) is 1. The molecule has 0 fully saturated rings. The Morgan fingerprint density at radius 1 is 1.29 bits per heavy atom. The van der Waals surface area contributed by atoms with Crippen LogP contribution in [0.1, 0.15) is 19.3 Å². The maximum absolute atomic E-state index is 10.6. The van der Waals surface area contributed by atoms with E-state index in [1.165, 1.54) is 6.33 Å². The van der Waals surface area contributed by atoms with Gasteiger partial charge in [0.2, 0.25) is 10.0 Å². The van der Waals surface area contributed by atoms with Gasteiger partial charge in [-0.15, -0.1) is 5.10 Å².